The lowest BCUT2D eigenvalue weighted by Crippen LogP contribution is -2.46. The van der Waals surface area contributed by atoms with E-state index in [1.807, 2.05) is 17.5 Å². The fourth-order valence-electron chi connectivity index (χ4n) is 3.91. The van der Waals surface area contributed by atoms with Crippen molar-refractivity contribution in [3.63, 3.8) is 0 Å². The van der Waals surface area contributed by atoms with Crippen LogP contribution in [0.4, 0.5) is 19.3 Å². The molecule has 1 saturated heterocycles. The van der Waals surface area contributed by atoms with Crippen molar-refractivity contribution in [2.75, 3.05) is 25.0 Å². The van der Waals surface area contributed by atoms with Gasteiger partial charge in [0.15, 0.2) is 0 Å². The summed E-state index contributed by atoms with van der Waals surface area (Å²) in [6, 6.07) is 15.2. The van der Waals surface area contributed by atoms with Crippen LogP contribution in [-0.2, 0) is 22.6 Å². The number of amides is 3. The van der Waals surface area contributed by atoms with Crippen LogP contribution in [0, 0.1) is 11.6 Å². The standard InChI is InChI=1S/C26H27F2N3O3S/c27-20-11-9-19(10-12-20)15-30(17-22-6-4-14-35-22)25(32)18-31(16-21-5-3-13-34-21)26(33)29-24-8-2-1-7-23(24)28/h1-2,4,6-12,14,21H,3,5,13,15-18H2,(H,29,33). The van der Waals surface area contributed by atoms with Crippen molar-refractivity contribution in [1.29, 1.82) is 0 Å². The second-order valence-corrected chi connectivity index (χ2v) is 9.41. The molecule has 9 heteroatoms. The monoisotopic (exact) mass is 499 g/mol. The molecule has 4 rings (SSSR count). The van der Waals surface area contributed by atoms with Gasteiger partial charge in [0, 0.05) is 24.6 Å². The third kappa shape index (κ3) is 7.10. The fourth-order valence-corrected chi connectivity index (χ4v) is 4.63. The van der Waals surface area contributed by atoms with Gasteiger partial charge in [-0.3, -0.25) is 4.79 Å². The number of carbonyl (C=O) groups is 2. The molecule has 1 aliphatic heterocycles. The van der Waals surface area contributed by atoms with E-state index in [1.165, 1.54) is 46.6 Å². The van der Waals surface area contributed by atoms with Crippen LogP contribution in [-0.4, -0.2) is 47.5 Å². The summed E-state index contributed by atoms with van der Waals surface area (Å²) in [5, 5.41) is 4.51. The van der Waals surface area contributed by atoms with Gasteiger partial charge in [-0.25, -0.2) is 13.6 Å². The van der Waals surface area contributed by atoms with E-state index < -0.39 is 11.8 Å². The summed E-state index contributed by atoms with van der Waals surface area (Å²) in [6.07, 6.45) is 1.49. The predicted molar refractivity (Wildman–Crippen MR) is 131 cm³/mol. The number of para-hydroxylation sites is 1. The predicted octanol–water partition coefficient (Wildman–Crippen LogP) is 5.27. The Bertz CT molecular complexity index is 1120. The normalized spacial score (nSPS) is 15.1. The van der Waals surface area contributed by atoms with Crippen molar-refractivity contribution in [1.82, 2.24) is 9.80 Å². The van der Waals surface area contributed by atoms with Gasteiger partial charge in [-0.2, -0.15) is 0 Å². The zero-order valence-electron chi connectivity index (χ0n) is 19.2. The molecule has 0 bridgehead atoms. The molecule has 1 atom stereocenters. The summed E-state index contributed by atoms with van der Waals surface area (Å²) >= 11 is 1.53. The highest BCUT2D eigenvalue weighted by Crippen LogP contribution is 2.19. The molecule has 1 N–H and O–H groups in total. The highest BCUT2D eigenvalue weighted by molar-refractivity contribution is 7.09. The lowest BCUT2D eigenvalue weighted by molar-refractivity contribution is -0.133. The molecule has 1 unspecified atom stereocenters. The van der Waals surface area contributed by atoms with E-state index in [0.717, 1.165) is 23.3 Å². The summed E-state index contributed by atoms with van der Waals surface area (Å²) in [4.78, 5) is 30.6. The smallest absolute Gasteiger partial charge is 0.322 e. The van der Waals surface area contributed by atoms with E-state index in [0.29, 0.717) is 13.2 Å². The Hall–Kier alpha value is -3.30. The van der Waals surface area contributed by atoms with Gasteiger partial charge in [0.2, 0.25) is 5.91 Å². The number of rotatable bonds is 9. The second-order valence-electron chi connectivity index (χ2n) is 8.38. The number of urea groups is 1. The van der Waals surface area contributed by atoms with Crippen LogP contribution in [0.3, 0.4) is 0 Å². The van der Waals surface area contributed by atoms with E-state index in [4.69, 9.17) is 4.74 Å². The van der Waals surface area contributed by atoms with Crippen LogP contribution in [0.25, 0.3) is 0 Å². The molecule has 0 radical (unpaired) electrons. The Labute approximate surface area is 207 Å². The molecule has 0 saturated carbocycles. The molecule has 35 heavy (non-hydrogen) atoms. The first-order valence-corrected chi connectivity index (χ1v) is 12.3. The number of thiophene rings is 1. The zero-order chi connectivity index (χ0) is 24.6. The van der Waals surface area contributed by atoms with E-state index in [-0.39, 0.29) is 43.2 Å². The number of nitrogens with zero attached hydrogens (tertiary/aromatic N) is 2. The van der Waals surface area contributed by atoms with Gasteiger partial charge in [0.25, 0.3) is 0 Å². The average molecular weight is 500 g/mol. The summed E-state index contributed by atoms with van der Waals surface area (Å²) in [5.74, 6) is -1.18. The summed E-state index contributed by atoms with van der Waals surface area (Å²) in [5.41, 5.74) is 0.821. The number of anilines is 1. The Morgan fingerprint density at radius 2 is 1.80 bits per heavy atom. The van der Waals surface area contributed by atoms with Crippen molar-refractivity contribution in [3.8, 4) is 0 Å². The zero-order valence-corrected chi connectivity index (χ0v) is 20.0. The first-order chi connectivity index (χ1) is 17.0. The van der Waals surface area contributed by atoms with Gasteiger partial charge in [-0.1, -0.05) is 30.3 Å². The molecule has 3 aromatic rings. The maximum Gasteiger partial charge on any atom is 0.322 e. The number of halogens is 2. The SMILES string of the molecule is O=C(CN(CC1CCCO1)C(=O)Nc1ccccc1F)N(Cc1ccc(F)cc1)Cc1cccs1. The second kappa shape index (κ2) is 11.9. The van der Waals surface area contributed by atoms with Crippen molar-refractivity contribution in [2.24, 2.45) is 0 Å². The number of ether oxygens (including phenoxy) is 1. The number of nitrogens with one attached hydrogen (secondary N) is 1. The molecule has 0 spiro atoms. The molecule has 1 fully saturated rings. The van der Waals surface area contributed by atoms with E-state index in [9.17, 15) is 18.4 Å². The van der Waals surface area contributed by atoms with Gasteiger partial charge in [-0.15, -0.1) is 11.3 Å². The van der Waals surface area contributed by atoms with Crippen LogP contribution in [0.15, 0.2) is 66.0 Å². The van der Waals surface area contributed by atoms with Crippen LogP contribution < -0.4 is 5.32 Å². The first kappa shape index (κ1) is 24.8. The molecular weight excluding hydrogens is 472 g/mol. The highest BCUT2D eigenvalue weighted by Gasteiger charge is 2.27. The third-order valence-electron chi connectivity index (χ3n) is 5.74. The maximum absolute atomic E-state index is 14.1. The summed E-state index contributed by atoms with van der Waals surface area (Å²) in [7, 11) is 0. The molecule has 1 aliphatic rings. The van der Waals surface area contributed by atoms with E-state index in [2.05, 4.69) is 5.32 Å². The topological polar surface area (TPSA) is 61.9 Å². The van der Waals surface area contributed by atoms with Gasteiger partial charge < -0.3 is 19.9 Å². The van der Waals surface area contributed by atoms with Crippen molar-refractivity contribution < 1.29 is 23.1 Å². The Morgan fingerprint density at radius 3 is 2.49 bits per heavy atom. The Morgan fingerprint density at radius 1 is 1.00 bits per heavy atom. The van der Waals surface area contributed by atoms with E-state index >= 15 is 0 Å². The van der Waals surface area contributed by atoms with Crippen LogP contribution >= 0.6 is 11.3 Å². The maximum atomic E-state index is 14.1. The number of hydrogen-bond acceptors (Lipinski definition) is 4. The highest BCUT2D eigenvalue weighted by atomic mass is 32.1. The minimum Gasteiger partial charge on any atom is -0.376 e. The lowest BCUT2D eigenvalue weighted by Gasteiger charge is -2.29. The average Bonchev–Trinajstić information content (AvgIpc) is 3.55. The summed E-state index contributed by atoms with van der Waals surface area (Å²) in [6.45, 7) is 1.24. The number of benzene rings is 2. The van der Waals surface area contributed by atoms with Gasteiger partial charge in [0.1, 0.15) is 18.2 Å². The van der Waals surface area contributed by atoms with Crippen molar-refractivity contribution >= 4 is 29.0 Å². The third-order valence-corrected chi connectivity index (χ3v) is 6.60. The fraction of sp³-hybridized carbons (Fsp3) is 0.308. The minimum absolute atomic E-state index is 0.0454. The molecule has 2 heterocycles. The molecule has 3 amide bonds. The Kier molecular flexibility index (Phi) is 8.44. The quantitative estimate of drug-likeness (QED) is 0.437. The van der Waals surface area contributed by atoms with E-state index in [1.54, 1.807) is 23.1 Å². The molecule has 6 nitrogen and oxygen atoms in total. The summed E-state index contributed by atoms with van der Waals surface area (Å²) < 4.78 is 33.2. The van der Waals surface area contributed by atoms with Gasteiger partial charge >= 0.3 is 6.03 Å². The van der Waals surface area contributed by atoms with Crippen molar-refractivity contribution in [2.45, 2.75) is 32.0 Å². The van der Waals surface area contributed by atoms with Crippen molar-refractivity contribution in [3.05, 3.63) is 88.1 Å². The van der Waals surface area contributed by atoms with Crippen LogP contribution in [0.1, 0.15) is 23.3 Å². The van der Waals surface area contributed by atoms with Gasteiger partial charge in [-0.05, 0) is 54.1 Å². The Balaban J connectivity index is 1.51. The molecule has 0 aliphatic carbocycles. The largest absolute Gasteiger partial charge is 0.376 e. The number of hydrogen-bond donors (Lipinski definition) is 1. The molecule has 2 aromatic carbocycles. The lowest BCUT2D eigenvalue weighted by atomic mass is 10.2. The van der Waals surface area contributed by atoms with Gasteiger partial charge in [0.05, 0.1) is 18.3 Å². The van der Waals surface area contributed by atoms with Crippen LogP contribution in [0.2, 0.25) is 0 Å². The number of carbonyl (C=O) groups excluding carboxylic acids is 2. The first-order valence-electron chi connectivity index (χ1n) is 11.4. The molecule has 1 aromatic heterocycles. The molecule has 184 valence electrons. The van der Waals surface area contributed by atoms with Crippen LogP contribution in [0.5, 0.6) is 0 Å². The minimum atomic E-state index is -0.572. The molecular formula is C26H27F2N3O3S.